The Morgan fingerprint density at radius 2 is 1.95 bits per heavy atom. The van der Waals surface area contributed by atoms with Crippen molar-refractivity contribution in [2.45, 2.75) is 6.54 Å². The number of amides is 2. The molecule has 0 saturated carbocycles. The Hall–Kier alpha value is -2.66. The molecule has 22 heavy (non-hydrogen) atoms. The fraction of sp³-hybridized carbons (Fsp3) is 0.0588. The number of aromatic nitrogens is 1. The number of nitrogens with zero attached hydrogens (tertiary/aromatic N) is 1. The lowest BCUT2D eigenvalue weighted by Gasteiger charge is -2.08. The first-order valence-electron chi connectivity index (χ1n) is 6.90. The Labute approximate surface area is 132 Å². The molecule has 3 aromatic rings. The number of hydrogen-bond donors (Lipinski definition) is 2. The number of nitrogens with one attached hydrogen (secondary N) is 2. The second-order valence-corrected chi connectivity index (χ2v) is 5.61. The zero-order valence-corrected chi connectivity index (χ0v) is 12.6. The topological polar surface area (TPSA) is 54.0 Å². The zero-order valence-electron chi connectivity index (χ0n) is 11.8. The fourth-order valence-electron chi connectivity index (χ4n) is 2.06. The van der Waals surface area contributed by atoms with Crippen LogP contribution in [0.15, 0.2) is 66.2 Å². The summed E-state index contributed by atoms with van der Waals surface area (Å²) in [4.78, 5) is 16.2. The van der Waals surface area contributed by atoms with Crippen LogP contribution in [0.3, 0.4) is 0 Å². The summed E-state index contributed by atoms with van der Waals surface area (Å²) in [6.07, 6.45) is 1.79. The van der Waals surface area contributed by atoms with Crippen molar-refractivity contribution < 1.29 is 4.79 Å². The van der Waals surface area contributed by atoms with E-state index in [9.17, 15) is 4.79 Å². The van der Waals surface area contributed by atoms with E-state index in [-0.39, 0.29) is 6.03 Å². The Balaban J connectivity index is 1.60. The van der Waals surface area contributed by atoms with Crippen LogP contribution in [-0.4, -0.2) is 11.0 Å². The summed E-state index contributed by atoms with van der Waals surface area (Å²) in [5.74, 6) is 0. The smallest absolute Gasteiger partial charge is 0.319 e. The molecule has 1 aromatic heterocycles. The van der Waals surface area contributed by atoms with Crippen molar-refractivity contribution in [3.63, 3.8) is 0 Å². The number of anilines is 1. The largest absolute Gasteiger partial charge is 0.334 e. The molecule has 0 bridgehead atoms. The van der Waals surface area contributed by atoms with Gasteiger partial charge in [0.2, 0.25) is 0 Å². The van der Waals surface area contributed by atoms with Crippen molar-refractivity contribution >= 4 is 23.1 Å². The van der Waals surface area contributed by atoms with Gasteiger partial charge in [0.1, 0.15) is 5.01 Å². The van der Waals surface area contributed by atoms with Crippen molar-refractivity contribution in [3.05, 3.63) is 71.7 Å². The molecule has 2 aromatic carbocycles. The molecule has 0 aliphatic heterocycles. The molecule has 4 nitrogen and oxygen atoms in total. The molecule has 3 rings (SSSR count). The lowest BCUT2D eigenvalue weighted by molar-refractivity contribution is 0.251. The van der Waals surface area contributed by atoms with E-state index in [4.69, 9.17) is 0 Å². The Morgan fingerprint density at radius 1 is 1.09 bits per heavy atom. The van der Waals surface area contributed by atoms with Gasteiger partial charge in [0.25, 0.3) is 0 Å². The predicted molar refractivity (Wildman–Crippen MR) is 89.9 cm³/mol. The molecule has 2 amide bonds. The van der Waals surface area contributed by atoms with Crippen LogP contribution in [0.25, 0.3) is 10.6 Å². The van der Waals surface area contributed by atoms with Crippen LogP contribution >= 0.6 is 11.3 Å². The van der Waals surface area contributed by atoms with Gasteiger partial charge in [-0.1, -0.05) is 36.4 Å². The number of benzene rings is 2. The minimum Gasteiger partial charge on any atom is -0.334 e. The van der Waals surface area contributed by atoms with Crippen LogP contribution < -0.4 is 10.6 Å². The highest BCUT2D eigenvalue weighted by molar-refractivity contribution is 7.13. The molecule has 0 aliphatic carbocycles. The van der Waals surface area contributed by atoms with E-state index in [1.165, 1.54) is 0 Å². The van der Waals surface area contributed by atoms with Crippen molar-refractivity contribution in [1.82, 2.24) is 10.3 Å². The molecule has 0 aliphatic rings. The van der Waals surface area contributed by atoms with E-state index >= 15 is 0 Å². The lowest BCUT2D eigenvalue weighted by atomic mass is 10.1. The number of urea groups is 1. The molecular weight excluding hydrogens is 294 g/mol. The summed E-state index contributed by atoms with van der Waals surface area (Å²) in [5, 5.41) is 8.58. The van der Waals surface area contributed by atoms with Crippen molar-refractivity contribution in [1.29, 1.82) is 0 Å². The van der Waals surface area contributed by atoms with Crippen LogP contribution in [0.5, 0.6) is 0 Å². The molecule has 0 spiro atoms. The highest BCUT2D eigenvalue weighted by Crippen LogP contribution is 2.22. The first-order chi connectivity index (χ1) is 10.8. The van der Waals surface area contributed by atoms with Gasteiger partial charge in [-0.05, 0) is 23.8 Å². The molecule has 1 heterocycles. The number of rotatable bonds is 4. The van der Waals surface area contributed by atoms with Gasteiger partial charge in [0.15, 0.2) is 0 Å². The van der Waals surface area contributed by atoms with Crippen LogP contribution in [0, 0.1) is 0 Å². The third kappa shape index (κ3) is 3.71. The van der Waals surface area contributed by atoms with E-state index in [0.29, 0.717) is 6.54 Å². The zero-order chi connectivity index (χ0) is 15.2. The van der Waals surface area contributed by atoms with Crippen LogP contribution in [0.2, 0.25) is 0 Å². The normalized spacial score (nSPS) is 10.2. The Kier molecular flexibility index (Phi) is 4.46. The highest BCUT2D eigenvalue weighted by atomic mass is 32.1. The Bertz CT molecular complexity index is 742. The van der Waals surface area contributed by atoms with E-state index in [2.05, 4.69) is 15.6 Å². The number of thiazole rings is 1. The van der Waals surface area contributed by atoms with Crippen molar-refractivity contribution in [2.24, 2.45) is 0 Å². The van der Waals surface area contributed by atoms with Gasteiger partial charge in [-0.15, -0.1) is 11.3 Å². The minimum absolute atomic E-state index is 0.217. The van der Waals surface area contributed by atoms with E-state index in [0.717, 1.165) is 21.8 Å². The van der Waals surface area contributed by atoms with Gasteiger partial charge in [0.05, 0.1) is 0 Å². The molecule has 0 unspecified atom stereocenters. The first kappa shape index (κ1) is 14.3. The molecule has 0 fully saturated rings. The average molecular weight is 309 g/mol. The third-order valence-electron chi connectivity index (χ3n) is 3.09. The first-order valence-corrected chi connectivity index (χ1v) is 7.78. The maximum atomic E-state index is 11.9. The summed E-state index contributed by atoms with van der Waals surface area (Å²) in [6.45, 7) is 0.470. The highest BCUT2D eigenvalue weighted by Gasteiger charge is 2.04. The molecule has 0 radical (unpaired) electrons. The summed E-state index contributed by atoms with van der Waals surface area (Å²) in [6, 6.07) is 17.2. The van der Waals surface area contributed by atoms with E-state index < -0.39 is 0 Å². The van der Waals surface area contributed by atoms with Gasteiger partial charge in [-0.3, -0.25) is 0 Å². The number of para-hydroxylation sites is 1. The van der Waals surface area contributed by atoms with Gasteiger partial charge in [-0.25, -0.2) is 9.78 Å². The van der Waals surface area contributed by atoms with Crippen LogP contribution in [0.4, 0.5) is 10.5 Å². The van der Waals surface area contributed by atoms with E-state index in [1.54, 1.807) is 17.5 Å². The van der Waals surface area contributed by atoms with Crippen molar-refractivity contribution in [2.75, 3.05) is 5.32 Å². The summed E-state index contributed by atoms with van der Waals surface area (Å²) in [7, 11) is 0. The third-order valence-corrected chi connectivity index (χ3v) is 3.91. The van der Waals surface area contributed by atoms with Gasteiger partial charge >= 0.3 is 6.03 Å². The summed E-state index contributed by atoms with van der Waals surface area (Å²) < 4.78 is 0. The molecule has 0 atom stereocenters. The monoisotopic (exact) mass is 309 g/mol. The number of hydrogen-bond acceptors (Lipinski definition) is 3. The number of carbonyl (C=O) groups is 1. The van der Waals surface area contributed by atoms with Crippen molar-refractivity contribution in [3.8, 4) is 10.6 Å². The molecule has 0 saturated heterocycles. The maximum Gasteiger partial charge on any atom is 0.319 e. The summed E-state index contributed by atoms with van der Waals surface area (Å²) >= 11 is 1.60. The van der Waals surface area contributed by atoms with Gasteiger partial charge < -0.3 is 10.6 Å². The average Bonchev–Trinajstić information content (AvgIpc) is 3.09. The summed E-state index contributed by atoms with van der Waals surface area (Å²) in [5.41, 5.74) is 2.88. The fourth-order valence-corrected chi connectivity index (χ4v) is 2.69. The molecular formula is C17H15N3OS. The predicted octanol–water partition coefficient (Wildman–Crippen LogP) is 4.13. The second-order valence-electron chi connectivity index (χ2n) is 4.71. The second kappa shape index (κ2) is 6.87. The standard InChI is InChI=1S/C17H15N3OS/c21-17(20-15-7-2-1-3-8-15)19-12-13-5-4-6-14(11-13)16-18-9-10-22-16/h1-11H,12H2,(H2,19,20,21). The number of carbonyl (C=O) groups excluding carboxylic acids is 1. The van der Waals surface area contributed by atoms with Gasteiger partial charge in [0, 0.05) is 29.4 Å². The van der Waals surface area contributed by atoms with Gasteiger partial charge in [-0.2, -0.15) is 0 Å². The Morgan fingerprint density at radius 3 is 2.73 bits per heavy atom. The SMILES string of the molecule is O=C(NCc1cccc(-c2nccs2)c1)Nc1ccccc1. The molecule has 110 valence electrons. The van der Waals surface area contributed by atoms with Crippen LogP contribution in [0.1, 0.15) is 5.56 Å². The van der Waals surface area contributed by atoms with E-state index in [1.807, 2.05) is 60.0 Å². The quantitative estimate of drug-likeness (QED) is 0.761. The molecule has 2 N–H and O–H groups in total. The molecule has 5 heteroatoms. The minimum atomic E-state index is -0.217. The maximum absolute atomic E-state index is 11.9. The lowest BCUT2D eigenvalue weighted by Crippen LogP contribution is -2.28. The van der Waals surface area contributed by atoms with Crippen LogP contribution in [-0.2, 0) is 6.54 Å².